The zero-order valence-electron chi connectivity index (χ0n) is 14.3. The Labute approximate surface area is 148 Å². The van der Waals surface area contributed by atoms with E-state index in [1.807, 2.05) is 12.3 Å². The molecule has 0 fully saturated rings. The normalized spacial score (nSPS) is 15.7. The van der Waals surface area contributed by atoms with E-state index in [0.717, 1.165) is 11.3 Å². The molecule has 1 aromatic carbocycles. The minimum Gasteiger partial charge on any atom is -0.415 e. The molecule has 1 aliphatic rings. The Hall–Kier alpha value is -2.96. The van der Waals surface area contributed by atoms with Gasteiger partial charge in [-0.05, 0) is 54.3 Å². The number of rotatable bonds is 4. The Morgan fingerprint density at radius 3 is 2.62 bits per heavy atom. The smallest absolute Gasteiger partial charge is 0.314 e. The molecule has 4 rings (SSSR count). The van der Waals surface area contributed by atoms with Crippen LogP contribution in [0.5, 0.6) is 0 Å². The number of fused-ring (bicyclic) bond motifs is 1. The maximum atomic E-state index is 12.5. The van der Waals surface area contributed by atoms with Crippen LogP contribution < -0.4 is 0 Å². The molecule has 0 saturated carbocycles. The molecule has 5 nitrogen and oxygen atoms in total. The Bertz CT molecular complexity index is 980. The third kappa shape index (κ3) is 3.00. The summed E-state index contributed by atoms with van der Waals surface area (Å²) in [7, 11) is 0. The van der Waals surface area contributed by atoms with E-state index in [-0.39, 0.29) is 11.9 Å². The van der Waals surface area contributed by atoms with Crippen LogP contribution in [0.25, 0.3) is 11.5 Å². The van der Waals surface area contributed by atoms with Crippen molar-refractivity contribution in [1.29, 1.82) is 0 Å². The SMILES string of the molecule is Cc1cc2c(cc1C)C(Cc1ccc(-c3nnc(C(F)F)o3)cn1)N=C2. The number of pyridine rings is 1. The van der Waals surface area contributed by atoms with Crippen molar-refractivity contribution in [2.24, 2.45) is 4.99 Å². The first-order chi connectivity index (χ1) is 12.5. The van der Waals surface area contributed by atoms with Gasteiger partial charge in [0.15, 0.2) is 0 Å². The lowest BCUT2D eigenvalue weighted by molar-refractivity contribution is 0.116. The van der Waals surface area contributed by atoms with Crippen LogP contribution in [-0.2, 0) is 6.42 Å². The van der Waals surface area contributed by atoms with E-state index in [1.165, 1.54) is 16.7 Å². The first-order valence-electron chi connectivity index (χ1n) is 8.22. The summed E-state index contributed by atoms with van der Waals surface area (Å²) in [6.45, 7) is 4.18. The van der Waals surface area contributed by atoms with Gasteiger partial charge in [-0.25, -0.2) is 0 Å². The molecule has 1 aliphatic heterocycles. The summed E-state index contributed by atoms with van der Waals surface area (Å²) in [5.74, 6) is -0.652. The number of halogens is 2. The van der Waals surface area contributed by atoms with Gasteiger partial charge in [0, 0.05) is 24.5 Å². The second-order valence-corrected chi connectivity index (χ2v) is 6.35. The van der Waals surface area contributed by atoms with Crippen molar-refractivity contribution in [2.75, 3.05) is 0 Å². The summed E-state index contributed by atoms with van der Waals surface area (Å²) >= 11 is 0. The molecule has 7 heteroatoms. The molecule has 3 aromatic rings. The lowest BCUT2D eigenvalue weighted by Crippen LogP contribution is -2.01. The molecule has 1 atom stereocenters. The third-order valence-electron chi connectivity index (χ3n) is 4.55. The fourth-order valence-corrected chi connectivity index (χ4v) is 2.98. The summed E-state index contributed by atoms with van der Waals surface area (Å²) in [4.78, 5) is 8.99. The second kappa shape index (κ2) is 6.40. The number of benzene rings is 1. The molecule has 0 radical (unpaired) electrons. The Balaban J connectivity index is 1.52. The van der Waals surface area contributed by atoms with Gasteiger partial charge in [-0.1, -0.05) is 6.07 Å². The Kier molecular flexibility index (Phi) is 4.06. The topological polar surface area (TPSA) is 64.2 Å². The molecular weight excluding hydrogens is 338 g/mol. The number of hydrogen-bond acceptors (Lipinski definition) is 5. The van der Waals surface area contributed by atoms with Crippen LogP contribution in [0.2, 0.25) is 0 Å². The quantitative estimate of drug-likeness (QED) is 0.696. The lowest BCUT2D eigenvalue weighted by Gasteiger charge is -2.11. The van der Waals surface area contributed by atoms with Gasteiger partial charge >= 0.3 is 6.43 Å². The van der Waals surface area contributed by atoms with E-state index in [1.54, 1.807) is 12.3 Å². The van der Waals surface area contributed by atoms with Gasteiger partial charge in [0.1, 0.15) is 0 Å². The predicted octanol–water partition coefficient (Wildman–Crippen LogP) is 4.40. The van der Waals surface area contributed by atoms with E-state index >= 15 is 0 Å². The highest BCUT2D eigenvalue weighted by molar-refractivity contribution is 5.86. The molecule has 0 N–H and O–H groups in total. The van der Waals surface area contributed by atoms with Gasteiger partial charge in [0.05, 0.1) is 11.6 Å². The van der Waals surface area contributed by atoms with Crippen molar-refractivity contribution in [3.63, 3.8) is 0 Å². The van der Waals surface area contributed by atoms with Crippen molar-refractivity contribution in [3.05, 3.63) is 64.3 Å². The van der Waals surface area contributed by atoms with Crippen molar-refractivity contribution in [2.45, 2.75) is 32.7 Å². The maximum Gasteiger partial charge on any atom is 0.314 e. The number of hydrogen-bond donors (Lipinski definition) is 0. The summed E-state index contributed by atoms with van der Waals surface area (Å²) in [5, 5.41) is 6.95. The molecule has 132 valence electrons. The van der Waals surface area contributed by atoms with Crippen molar-refractivity contribution in [3.8, 4) is 11.5 Å². The highest BCUT2D eigenvalue weighted by Gasteiger charge is 2.21. The minimum absolute atomic E-state index is 0.0367. The van der Waals surface area contributed by atoms with Crippen molar-refractivity contribution >= 4 is 6.21 Å². The fraction of sp³-hybridized carbons (Fsp3) is 0.263. The van der Waals surface area contributed by atoms with Gasteiger partial charge in [-0.2, -0.15) is 8.78 Å². The molecule has 0 saturated heterocycles. The van der Waals surface area contributed by atoms with Crippen LogP contribution in [-0.4, -0.2) is 21.4 Å². The van der Waals surface area contributed by atoms with Crippen LogP contribution in [0.1, 0.15) is 46.3 Å². The van der Waals surface area contributed by atoms with Crippen LogP contribution in [0.3, 0.4) is 0 Å². The predicted molar refractivity (Wildman–Crippen MR) is 92.4 cm³/mol. The molecule has 0 amide bonds. The van der Waals surface area contributed by atoms with E-state index in [2.05, 4.69) is 46.2 Å². The number of aromatic nitrogens is 3. The molecule has 3 heterocycles. The zero-order valence-corrected chi connectivity index (χ0v) is 14.3. The van der Waals surface area contributed by atoms with E-state index in [0.29, 0.717) is 12.0 Å². The van der Waals surface area contributed by atoms with Gasteiger partial charge in [-0.3, -0.25) is 9.98 Å². The molecule has 0 bridgehead atoms. The largest absolute Gasteiger partial charge is 0.415 e. The lowest BCUT2D eigenvalue weighted by atomic mass is 9.95. The molecule has 26 heavy (non-hydrogen) atoms. The molecule has 2 aromatic heterocycles. The van der Waals surface area contributed by atoms with Crippen LogP contribution in [0.15, 0.2) is 39.9 Å². The minimum atomic E-state index is -2.78. The average Bonchev–Trinajstić information content (AvgIpc) is 3.25. The van der Waals surface area contributed by atoms with Gasteiger partial charge in [0.2, 0.25) is 5.89 Å². The molecule has 0 aliphatic carbocycles. The van der Waals surface area contributed by atoms with Gasteiger partial charge in [0.25, 0.3) is 5.89 Å². The molecule has 0 spiro atoms. The van der Waals surface area contributed by atoms with Crippen molar-refractivity contribution < 1.29 is 13.2 Å². The summed E-state index contributed by atoms with van der Waals surface area (Å²) in [6, 6.07) is 7.94. The number of nitrogens with zero attached hydrogens (tertiary/aromatic N) is 4. The zero-order chi connectivity index (χ0) is 18.3. The third-order valence-corrected chi connectivity index (χ3v) is 4.55. The fourth-order valence-electron chi connectivity index (χ4n) is 2.98. The van der Waals surface area contributed by atoms with E-state index in [9.17, 15) is 8.78 Å². The van der Waals surface area contributed by atoms with Crippen LogP contribution >= 0.6 is 0 Å². The molecule has 1 unspecified atom stereocenters. The van der Waals surface area contributed by atoms with Crippen molar-refractivity contribution in [1.82, 2.24) is 15.2 Å². The standard InChI is InChI=1S/C19H16F2N4O/c1-10-5-13-9-23-16(15(13)6-11(10)2)7-14-4-3-12(8-22-14)18-24-25-19(26-18)17(20)21/h3-6,8-9,16-17H,7H2,1-2H3. The first kappa shape index (κ1) is 16.5. The Morgan fingerprint density at radius 1 is 1.12 bits per heavy atom. The summed E-state index contributed by atoms with van der Waals surface area (Å²) in [6.07, 6.45) is 1.34. The average molecular weight is 354 g/mol. The monoisotopic (exact) mass is 354 g/mol. The van der Waals surface area contributed by atoms with Crippen LogP contribution in [0, 0.1) is 13.8 Å². The maximum absolute atomic E-state index is 12.5. The Morgan fingerprint density at radius 2 is 1.92 bits per heavy atom. The summed E-state index contributed by atoms with van der Waals surface area (Å²) in [5.41, 5.74) is 6.22. The van der Waals surface area contributed by atoms with Crippen LogP contribution in [0.4, 0.5) is 8.78 Å². The molecular formula is C19H16F2N4O. The first-order valence-corrected chi connectivity index (χ1v) is 8.22. The summed E-state index contributed by atoms with van der Waals surface area (Å²) < 4.78 is 30.0. The van der Waals surface area contributed by atoms with E-state index < -0.39 is 12.3 Å². The number of alkyl halides is 2. The number of aliphatic imine (C=N–C) groups is 1. The van der Waals surface area contributed by atoms with E-state index in [4.69, 9.17) is 4.42 Å². The number of aryl methyl sites for hydroxylation is 2. The second-order valence-electron chi connectivity index (χ2n) is 6.35. The highest BCUT2D eigenvalue weighted by atomic mass is 19.3. The highest BCUT2D eigenvalue weighted by Crippen LogP contribution is 2.31. The van der Waals surface area contributed by atoms with Gasteiger partial charge < -0.3 is 4.42 Å². The van der Waals surface area contributed by atoms with Gasteiger partial charge in [-0.15, -0.1) is 10.2 Å².